The minimum absolute atomic E-state index is 0.814. The van der Waals surface area contributed by atoms with Crippen LogP contribution in [-0.2, 0) is 6.42 Å². The summed E-state index contributed by atoms with van der Waals surface area (Å²) in [6.07, 6.45) is 8.38. The highest BCUT2D eigenvalue weighted by Gasteiger charge is 1.99. The van der Waals surface area contributed by atoms with Crippen LogP contribution in [0.15, 0.2) is 48.5 Å². The van der Waals surface area contributed by atoms with E-state index >= 15 is 0 Å². The third kappa shape index (κ3) is 7.83. The SMILES string of the molecule is CCCCCCCOc1ccc(NCCCc2ccccc2Cl)cc1. The summed E-state index contributed by atoms with van der Waals surface area (Å²) in [6, 6.07) is 16.3. The summed E-state index contributed by atoms with van der Waals surface area (Å²) < 4.78 is 5.80. The summed E-state index contributed by atoms with van der Waals surface area (Å²) in [5.74, 6) is 0.956. The Labute approximate surface area is 157 Å². The van der Waals surface area contributed by atoms with Crippen LogP contribution in [-0.4, -0.2) is 13.2 Å². The molecule has 0 saturated heterocycles. The molecule has 0 atom stereocenters. The molecule has 0 radical (unpaired) electrons. The molecule has 136 valence electrons. The maximum Gasteiger partial charge on any atom is 0.119 e. The second-order valence-corrected chi connectivity index (χ2v) is 6.82. The minimum atomic E-state index is 0.814. The molecule has 0 heterocycles. The lowest BCUT2D eigenvalue weighted by Crippen LogP contribution is -2.03. The summed E-state index contributed by atoms with van der Waals surface area (Å²) in [4.78, 5) is 0. The molecule has 0 aliphatic heterocycles. The molecule has 2 aromatic carbocycles. The van der Waals surface area contributed by atoms with Crippen LogP contribution in [0.2, 0.25) is 5.02 Å². The van der Waals surface area contributed by atoms with Gasteiger partial charge in [-0.05, 0) is 55.2 Å². The van der Waals surface area contributed by atoms with E-state index in [4.69, 9.17) is 16.3 Å². The highest BCUT2D eigenvalue weighted by molar-refractivity contribution is 6.31. The van der Waals surface area contributed by atoms with Crippen LogP contribution in [0.1, 0.15) is 51.0 Å². The van der Waals surface area contributed by atoms with Crippen molar-refractivity contribution in [3.63, 3.8) is 0 Å². The molecular formula is C22H30ClNO. The smallest absolute Gasteiger partial charge is 0.119 e. The quantitative estimate of drug-likeness (QED) is 0.424. The molecule has 2 nitrogen and oxygen atoms in total. The molecule has 3 heteroatoms. The third-order valence-electron chi connectivity index (χ3n) is 4.28. The van der Waals surface area contributed by atoms with Gasteiger partial charge in [0, 0.05) is 17.3 Å². The highest BCUT2D eigenvalue weighted by Crippen LogP contribution is 2.18. The first-order valence-corrected chi connectivity index (χ1v) is 9.87. The Bertz CT molecular complexity index is 597. The van der Waals surface area contributed by atoms with Gasteiger partial charge in [0.1, 0.15) is 5.75 Å². The average Bonchev–Trinajstić information content (AvgIpc) is 2.64. The van der Waals surface area contributed by atoms with Crippen LogP contribution < -0.4 is 10.1 Å². The predicted molar refractivity (Wildman–Crippen MR) is 109 cm³/mol. The Balaban J connectivity index is 1.61. The van der Waals surface area contributed by atoms with E-state index in [0.29, 0.717) is 0 Å². The fraction of sp³-hybridized carbons (Fsp3) is 0.455. The molecule has 0 fully saturated rings. The zero-order valence-electron chi connectivity index (χ0n) is 15.3. The first-order valence-electron chi connectivity index (χ1n) is 9.49. The lowest BCUT2D eigenvalue weighted by atomic mass is 10.1. The van der Waals surface area contributed by atoms with Crippen LogP contribution in [0.3, 0.4) is 0 Å². The number of benzene rings is 2. The first-order chi connectivity index (χ1) is 12.3. The number of hydrogen-bond donors (Lipinski definition) is 1. The summed E-state index contributed by atoms with van der Waals surface area (Å²) in [5.41, 5.74) is 2.35. The molecule has 0 spiro atoms. The first kappa shape index (κ1) is 19.7. The number of halogens is 1. The fourth-order valence-corrected chi connectivity index (χ4v) is 3.01. The van der Waals surface area contributed by atoms with E-state index in [-0.39, 0.29) is 0 Å². The maximum atomic E-state index is 6.18. The van der Waals surface area contributed by atoms with E-state index in [1.165, 1.54) is 31.2 Å². The lowest BCUT2D eigenvalue weighted by molar-refractivity contribution is 0.304. The van der Waals surface area contributed by atoms with Crippen LogP contribution >= 0.6 is 11.6 Å². The van der Waals surface area contributed by atoms with Gasteiger partial charge in [0.15, 0.2) is 0 Å². The van der Waals surface area contributed by atoms with Crippen LogP contribution in [0.25, 0.3) is 0 Å². The van der Waals surface area contributed by atoms with Crippen molar-refractivity contribution in [1.82, 2.24) is 0 Å². The third-order valence-corrected chi connectivity index (χ3v) is 4.65. The standard InChI is InChI=1S/C22H30ClNO/c1-2-3-4-5-8-18-25-21-15-13-20(14-16-21)24-17-9-11-19-10-6-7-12-22(19)23/h6-7,10,12-16,24H,2-5,8-9,11,17-18H2,1H3. The monoisotopic (exact) mass is 359 g/mol. The van der Waals surface area contributed by atoms with Crippen LogP contribution in [0.5, 0.6) is 5.75 Å². The maximum absolute atomic E-state index is 6.18. The molecule has 0 saturated carbocycles. The summed E-state index contributed by atoms with van der Waals surface area (Å²) in [5, 5.41) is 4.31. The number of aryl methyl sites for hydroxylation is 1. The van der Waals surface area contributed by atoms with E-state index in [9.17, 15) is 0 Å². The van der Waals surface area contributed by atoms with Crippen molar-refractivity contribution >= 4 is 17.3 Å². The summed E-state index contributed by atoms with van der Waals surface area (Å²) in [6.45, 7) is 3.99. The molecule has 2 aromatic rings. The van der Waals surface area contributed by atoms with Crippen molar-refractivity contribution in [3.8, 4) is 5.75 Å². The molecular weight excluding hydrogens is 330 g/mol. The van der Waals surface area contributed by atoms with E-state index < -0.39 is 0 Å². The molecule has 0 unspecified atom stereocenters. The number of rotatable bonds is 12. The Morgan fingerprint density at radius 2 is 1.64 bits per heavy atom. The summed E-state index contributed by atoms with van der Waals surface area (Å²) >= 11 is 6.18. The van der Waals surface area contributed by atoms with Gasteiger partial charge in [-0.3, -0.25) is 0 Å². The normalized spacial score (nSPS) is 10.6. The van der Waals surface area contributed by atoms with Crippen molar-refractivity contribution in [2.24, 2.45) is 0 Å². The molecule has 1 N–H and O–H groups in total. The van der Waals surface area contributed by atoms with Crippen LogP contribution in [0.4, 0.5) is 5.69 Å². The number of ether oxygens (including phenoxy) is 1. The Kier molecular flexibility index (Phi) is 9.28. The molecule has 2 rings (SSSR count). The molecule has 0 amide bonds. The summed E-state index contributed by atoms with van der Waals surface area (Å²) in [7, 11) is 0. The van der Waals surface area contributed by atoms with Crippen molar-refractivity contribution in [1.29, 1.82) is 0 Å². The Hall–Kier alpha value is -1.67. The van der Waals surface area contributed by atoms with Crippen molar-refractivity contribution in [3.05, 3.63) is 59.1 Å². The van der Waals surface area contributed by atoms with Crippen molar-refractivity contribution < 1.29 is 4.74 Å². The van der Waals surface area contributed by atoms with Crippen molar-refractivity contribution in [2.45, 2.75) is 51.9 Å². The topological polar surface area (TPSA) is 21.3 Å². The van der Waals surface area contributed by atoms with Gasteiger partial charge in [0.25, 0.3) is 0 Å². The van der Waals surface area contributed by atoms with Gasteiger partial charge in [-0.1, -0.05) is 62.4 Å². The molecule has 0 aliphatic rings. The fourth-order valence-electron chi connectivity index (χ4n) is 2.78. The van der Waals surface area contributed by atoms with E-state index in [1.807, 2.05) is 30.3 Å². The van der Waals surface area contributed by atoms with Crippen LogP contribution in [0, 0.1) is 0 Å². The van der Waals surface area contributed by atoms with Gasteiger partial charge in [0.05, 0.1) is 6.61 Å². The number of anilines is 1. The minimum Gasteiger partial charge on any atom is -0.494 e. The number of hydrogen-bond acceptors (Lipinski definition) is 2. The Morgan fingerprint density at radius 1 is 0.880 bits per heavy atom. The largest absolute Gasteiger partial charge is 0.494 e. The zero-order valence-corrected chi connectivity index (χ0v) is 16.0. The molecule has 25 heavy (non-hydrogen) atoms. The van der Waals surface area contributed by atoms with Gasteiger partial charge in [-0.25, -0.2) is 0 Å². The predicted octanol–water partition coefficient (Wildman–Crippen LogP) is 6.73. The lowest BCUT2D eigenvalue weighted by Gasteiger charge is -2.09. The second kappa shape index (κ2) is 11.8. The Morgan fingerprint density at radius 3 is 2.40 bits per heavy atom. The van der Waals surface area contributed by atoms with Gasteiger partial charge in [-0.2, -0.15) is 0 Å². The molecule has 0 aromatic heterocycles. The number of unbranched alkanes of at least 4 members (excludes halogenated alkanes) is 4. The van der Waals surface area contributed by atoms with Gasteiger partial charge in [-0.15, -0.1) is 0 Å². The molecule has 0 bridgehead atoms. The van der Waals surface area contributed by atoms with Gasteiger partial charge in [0.2, 0.25) is 0 Å². The van der Waals surface area contributed by atoms with Gasteiger partial charge >= 0.3 is 0 Å². The highest BCUT2D eigenvalue weighted by atomic mass is 35.5. The van der Waals surface area contributed by atoms with Crippen molar-refractivity contribution in [2.75, 3.05) is 18.5 Å². The second-order valence-electron chi connectivity index (χ2n) is 6.41. The van der Waals surface area contributed by atoms with E-state index in [2.05, 4.69) is 30.4 Å². The molecule has 0 aliphatic carbocycles. The average molecular weight is 360 g/mol. The van der Waals surface area contributed by atoms with E-state index in [1.54, 1.807) is 0 Å². The van der Waals surface area contributed by atoms with Gasteiger partial charge < -0.3 is 10.1 Å². The zero-order chi connectivity index (χ0) is 17.7. The van der Waals surface area contributed by atoms with E-state index in [0.717, 1.165) is 48.9 Å². The number of nitrogens with one attached hydrogen (secondary N) is 1.